The van der Waals surface area contributed by atoms with E-state index in [-0.39, 0.29) is 5.78 Å². The molecule has 1 aliphatic heterocycles. The normalized spacial score (nSPS) is 16.8. The third-order valence-electron chi connectivity index (χ3n) is 1.66. The van der Waals surface area contributed by atoms with Crippen LogP contribution in [0.5, 0.6) is 0 Å². The molecule has 0 aromatic carbocycles. The van der Waals surface area contributed by atoms with Gasteiger partial charge in [-0.3, -0.25) is 9.79 Å². The van der Waals surface area contributed by atoms with Crippen molar-refractivity contribution in [3.8, 4) is 0 Å². The zero-order valence-corrected chi connectivity index (χ0v) is 6.84. The maximum atomic E-state index is 10.9. The Bertz CT molecular complexity index is 204. The van der Waals surface area contributed by atoms with Gasteiger partial charge < -0.3 is 0 Å². The molecular weight excluding hydrogens is 138 g/mol. The van der Waals surface area contributed by atoms with E-state index >= 15 is 0 Å². The van der Waals surface area contributed by atoms with Crippen LogP contribution in [0.3, 0.4) is 0 Å². The van der Waals surface area contributed by atoms with Crippen LogP contribution in [0.2, 0.25) is 0 Å². The summed E-state index contributed by atoms with van der Waals surface area (Å²) in [6, 6.07) is 0. The van der Waals surface area contributed by atoms with Crippen LogP contribution in [0, 0.1) is 0 Å². The Labute approximate surface area is 67.0 Å². The van der Waals surface area contributed by atoms with Gasteiger partial charge >= 0.3 is 0 Å². The van der Waals surface area contributed by atoms with Crippen LogP contribution in [-0.4, -0.2) is 12.0 Å². The van der Waals surface area contributed by atoms with E-state index in [0.717, 1.165) is 25.0 Å². The van der Waals surface area contributed by atoms with Crippen LogP contribution in [0.25, 0.3) is 0 Å². The lowest BCUT2D eigenvalue weighted by Gasteiger charge is -2.03. The van der Waals surface area contributed by atoms with Crippen molar-refractivity contribution >= 4 is 12.0 Å². The molecular formula is C9H13NO. The SMILES string of the molecule is CCCCC1=CC(=O)CC=N1. The van der Waals surface area contributed by atoms with Crippen molar-refractivity contribution < 1.29 is 4.79 Å². The fourth-order valence-electron chi connectivity index (χ4n) is 1.03. The van der Waals surface area contributed by atoms with Crippen molar-refractivity contribution in [1.29, 1.82) is 0 Å². The van der Waals surface area contributed by atoms with Crippen molar-refractivity contribution in [2.75, 3.05) is 0 Å². The maximum absolute atomic E-state index is 10.9. The average molecular weight is 151 g/mol. The van der Waals surface area contributed by atoms with Gasteiger partial charge in [-0.2, -0.15) is 0 Å². The first kappa shape index (κ1) is 8.18. The van der Waals surface area contributed by atoms with E-state index in [2.05, 4.69) is 11.9 Å². The number of nitrogens with zero attached hydrogens (tertiary/aromatic N) is 1. The molecule has 1 heterocycles. The van der Waals surface area contributed by atoms with E-state index < -0.39 is 0 Å². The smallest absolute Gasteiger partial charge is 0.162 e. The molecule has 1 aliphatic rings. The predicted molar refractivity (Wildman–Crippen MR) is 45.7 cm³/mol. The summed E-state index contributed by atoms with van der Waals surface area (Å²) in [5.74, 6) is 0.186. The largest absolute Gasteiger partial charge is 0.294 e. The van der Waals surface area contributed by atoms with Gasteiger partial charge in [-0.25, -0.2) is 0 Å². The number of carbonyl (C=O) groups excluding carboxylic acids is 1. The summed E-state index contributed by atoms with van der Waals surface area (Å²) in [5.41, 5.74) is 0.947. The molecule has 2 nitrogen and oxygen atoms in total. The van der Waals surface area contributed by atoms with Gasteiger partial charge in [-0.15, -0.1) is 0 Å². The fraction of sp³-hybridized carbons (Fsp3) is 0.556. The van der Waals surface area contributed by atoms with E-state index in [1.165, 1.54) is 0 Å². The molecule has 60 valence electrons. The lowest BCUT2D eigenvalue weighted by molar-refractivity contribution is -0.113. The molecule has 0 radical (unpaired) electrons. The van der Waals surface area contributed by atoms with E-state index in [9.17, 15) is 4.79 Å². The van der Waals surface area contributed by atoms with E-state index in [1.807, 2.05) is 0 Å². The summed E-state index contributed by atoms with van der Waals surface area (Å²) in [6.45, 7) is 2.13. The molecule has 1 rings (SSSR count). The third-order valence-corrected chi connectivity index (χ3v) is 1.66. The van der Waals surface area contributed by atoms with Crippen molar-refractivity contribution in [2.45, 2.75) is 32.6 Å². The second-order valence-electron chi connectivity index (χ2n) is 2.72. The van der Waals surface area contributed by atoms with Gasteiger partial charge in [0.2, 0.25) is 0 Å². The number of hydrogen-bond acceptors (Lipinski definition) is 2. The summed E-state index contributed by atoms with van der Waals surface area (Å²) < 4.78 is 0. The minimum Gasteiger partial charge on any atom is -0.294 e. The Morgan fingerprint density at radius 2 is 2.45 bits per heavy atom. The first-order valence-corrected chi connectivity index (χ1v) is 4.09. The lowest BCUT2D eigenvalue weighted by Crippen LogP contribution is -2.00. The molecule has 0 aliphatic carbocycles. The van der Waals surface area contributed by atoms with Gasteiger partial charge in [0.15, 0.2) is 5.78 Å². The van der Waals surface area contributed by atoms with Gasteiger partial charge in [-0.05, 0) is 12.8 Å². The van der Waals surface area contributed by atoms with Crippen LogP contribution in [0.4, 0.5) is 0 Å². The fourth-order valence-corrected chi connectivity index (χ4v) is 1.03. The molecule has 2 heteroatoms. The Kier molecular flexibility index (Phi) is 3.02. The Balaban J connectivity index is 2.44. The van der Waals surface area contributed by atoms with Crippen LogP contribution in [0.1, 0.15) is 32.6 Å². The summed E-state index contributed by atoms with van der Waals surface area (Å²) in [6.07, 6.45) is 7.06. The summed E-state index contributed by atoms with van der Waals surface area (Å²) in [5, 5.41) is 0. The highest BCUT2D eigenvalue weighted by atomic mass is 16.1. The second-order valence-corrected chi connectivity index (χ2v) is 2.72. The van der Waals surface area contributed by atoms with Gasteiger partial charge in [0.05, 0.1) is 0 Å². The number of aliphatic imine (C=N–C) groups is 1. The van der Waals surface area contributed by atoms with Crippen molar-refractivity contribution in [3.05, 3.63) is 11.8 Å². The van der Waals surface area contributed by atoms with Crippen molar-refractivity contribution in [3.63, 3.8) is 0 Å². The van der Waals surface area contributed by atoms with Crippen molar-refractivity contribution in [2.24, 2.45) is 4.99 Å². The average Bonchev–Trinajstić information content (AvgIpc) is 2.01. The summed E-state index contributed by atoms with van der Waals surface area (Å²) in [4.78, 5) is 15.0. The summed E-state index contributed by atoms with van der Waals surface area (Å²) >= 11 is 0. The van der Waals surface area contributed by atoms with Crippen molar-refractivity contribution in [1.82, 2.24) is 0 Å². The van der Waals surface area contributed by atoms with E-state index in [1.54, 1.807) is 12.3 Å². The predicted octanol–water partition coefficient (Wildman–Crippen LogP) is 2.10. The minimum absolute atomic E-state index is 0.186. The van der Waals surface area contributed by atoms with E-state index in [0.29, 0.717) is 6.42 Å². The Morgan fingerprint density at radius 3 is 3.09 bits per heavy atom. The number of allylic oxidation sites excluding steroid dienone is 2. The van der Waals surface area contributed by atoms with Gasteiger partial charge in [-0.1, -0.05) is 13.3 Å². The molecule has 0 N–H and O–H groups in total. The first-order valence-electron chi connectivity index (χ1n) is 4.09. The zero-order chi connectivity index (χ0) is 8.10. The molecule has 0 spiro atoms. The first-order chi connectivity index (χ1) is 5.33. The molecule has 0 aromatic rings. The quantitative estimate of drug-likeness (QED) is 0.607. The third kappa shape index (κ3) is 2.66. The van der Waals surface area contributed by atoms with Gasteiger partial charge in [0.1, 0.15) is 0 Å². The molecule has 0 bridgehead atoms. The molecule has 0 amide bonds. The molecule has 0 aromatic heterocycles. The highest BCUT2D eigenvalue weighted by Crippen LogP contribution is 2.11. The number of rotatable bonds is 3. The molecule has 0 fully saturated rings. The number of unbranched alkanes of at least 4 members (excludes halogenated alkanes) is 1. The lowest BCUT2D eigenvalue weighted by atomic mass is 10.1. The highest BCUT2D eigenvalue weighted by Gasteiger charge is 2.03. The summed E-state index contributed by atoms with van der Waals surface area (Å²) in [7, 11) is 0. The number of carbonyl (C=O) groups is 1. The number of ketones is 1. The van der Waals surface area contributed by atoms with Gasteiger partial charge in [0.25, 0.3) is 0 Å². The molecule has 0 atom stereocenters. The Morgan fingerprint density at radius 1 is 1.64 bits per heavy atom. The molecule has 0 unspecified atom stereocenters. The molecule has 0 saturated heterocycles. The molecule has 11 heavy (non-hydrogen) atoms. The topological polar surface area (TPSA) is 29.4 Å². The van der Waals surface area contributed by atoms with Crippen LogP contribution in [-0.2, 0) is 4.79 Å². The zero-order valence-electron chi connectivity index (χ0n) is 6.84. The minimum atomic E-state index is 0.186. The van der Waals surface area contributed by atoms with Crippen LogP contribution >= 0.6 is 0 Å². The Hall–Kier alpha value is -0.920. The maximum Gasteiger partial charge on any atom is 0.162 e. The van der Waals surface area contributed by atoms with E-state index in [4.69, 9.17) is 0 Å². The molecule has 0 saturated carbocycles. The van der Waals surface area contributed by atoms with Crippen LogP contribution in [0.15, 0.2) is 16.8 Å². The van der Waals surface area contributed by atoms with Crippen LogP contribution < -0.4 is 0 Å². The monoisotopic (exact) mass is 151 g/mol. The van der Waals surface area contributed by atoms with Gasteiger partial charge in [0, 0.05) is 24.4 Å². The highest BCUT2D eigenvalue weighted by molar-refractivity contribution is 6.01. The second kappa shape index (κ2) is 4.06. The standard InChI is InChI=1S/C9H13NO/c1-2-3-4-8-7-9(11)5-6-10-8/h6-7H,2-5H2,1H3. The number of hydrogen-bond donors (Lipinski definition) is 0.